The summed E-state index contributed by atoms with van der Waals surface area (Å²) < 4.78 is 0. The molecule has 0 fully saturated rings. The number of hydroxylamine groups is 1. The van der Waals surface area contributed by atoms with Gasteiger partial charge in [0.2, 0.25) is 12.3 Å². The Bertz CT molecular complexity index is 508. The van der Waals surface area contributed by atoms with Gasteiger partial charge in [-0.25, -0.2) is 9.78 Å². The van der Waals surface area contributed by atoms with Crippen LogP contribution in [-0.4, -0.2) is 49.5 Å². The van der Waals surface area contributed by atoms with E-state index >= 15 is 0 Å². The van der Waals surface area contributed by atoms with Crippen LogP contribution in [0.4, 0.5) is 5.82 Å². The van der Waals surface area contributed by atoms with Gasteiger partial charge in [-0.2, -0.15) is 0 Å². The molecule has 1 aromatic rings. The summed E-state index contributed by atoms with van der Waals surface area (Å²) in [5.41, 5.74) is 10.2. The number of carboxylic acids is 1. The minimum absolute atomic E-state index is 0.201. The van der Waals surface area contributed by atoms with Crippen LogP contribution < -0.4 is 11.5 Å². The molecule has 0 saturated heterocycles. The summed E-state index contributed by atoms with van der Waals surface area (Å²) in [6.07, 6.45) is 0. The number of carboxylic acid groups (broad SMARTS) is 1. The van der Waals surface area contributed by atoms with Crippen molar-refractivity contribution in [3.63, 3.8) is 0 Å². The number of nitrogen functional groups attached to an aromatic ring is 1. The smallest absolute Gasteiger partial charge is 0.356 e. The number of nitrogens with one attached hydrogen (secondary N) is 1. The molecule has 0 bridgehead atoms. The highest BCUT2D eigenvalue weighted by Gasteiger charge is 2.25. The van der Waals surface area contributed by atoms with Crippen molar-refractivity contribution in [3.05, 3.63) is 16.7 Å². The number of aromatic carboxylic acids is 1. The number of hydrogen-bond donors (Lipinski definition) is 5. The SMILES string of the molecule is Nc1nc(C(=O)[C@@H](N)C/[N+]([O-])=N/O)[nH]c1C(=O)O. The lowest BCUT2D eigenvalue weighted by molar-refractivity contribution is -0.555. The van der Waals surface area contributed by atoms with Crippen LogP contribution >= 0.6 is 0 Å². The molecular weight excluding hydrogens is 248 g/mol. The minimum atomic E-state index is -1.39. The molecule has 11 heteroatoms. The monoisotopic (exact) mass is 258 g/mol. The van der Waals surface area contributed by atoms with Gasteiger partial charge in [-0.3, -0.25) is 4.79 Å². The number of anilines is 1. The molecule has 18 heavy (non-hydrogen) atoms. The third-order valence-electron chi connectivity index (χ3n) is 1.97. The molecule has 1 aromatic heterocycles. The van der Waals surface area contributed by atoms with Crippen LogP contribution in [0.5, 0.6) is 0 Å². The highest BCUT2D eigenvalue weighted by Crippen LogP contribution is 2.09. The number of Topliss-reactive ketones (excluding diaryl/α,β-unsaturated/α-hetero) is 1. The fraction of sp³-hybridized carbons (Fsp3) is 0.286. The number of ketones is 1. The molecule has 1 atom stereocenters. The predicted molar refractivity (Wildman–Crippen MR) is 55.0 cm³/mol. The van der Waals surface area contributed by atoms with Crippen molar-refractivity contribution < 1.29 is 24.8 Å². The van der Waals surface area contributed by atoms with Crippen LogP contribution in [0.1, 0.15) is 21.1 Å². The molecule has 0 saturated carbocycles. The number of nitrogens with zero attached hydrogens (tertiary/aromatic N) is 3. The van der Waals surface area contributed by atoms with Crippen molar-refractivity contribution in [1.29, 1.82) is 0 Å². The predicted octanol–water partition coefficient (Wildman–Crippen LogP) is -1.45. The lowest BCUT2D eigenvalue weighted by Gasteiger charge is -2.05. The molecule has 0 aromatic carbocycles. The molecule has 98 valence electrons. The molecule has 7 N–H and O–H groups in total. The molecule has 0 aliphatic carbocycles. The van der Waals surface area contributed by atoms with Gasteiger partial charge >= 0.3 is 5.97 Å². The maximum atomic E-state index is 11.6. The van der Waals surface area contributed by atoms with E-state index in [2.05, 4.69) is 15.2 Å². The summed E-state index contributed by atoms with van der Waals surface area (Å²) in [7, 11) is 0. The number of imidazole rings is 1. The second kappa shape index (κ2) is 5.09. The zero-order valence-corrected chi connectivity index (χ0v) is 8.90. The number of hydrogen-bond acceptors (Lipinski definition) is 7. The van der Waals surface area contributed by atoms with Gasteiger partial charge in [0.1, 0.15) is 6.04 Å². The van der Waals surface area contributed by atoms with Crippen LogP contribution in [-0.2, 0) is 0 Å². The van der Waals surface area contributed by atoms with Crippen molar-refractivity contribution in [2.75, 3.05) is 12.3 Å². The summed E-state index contributed by atoms with van der Waals surface area (Å²) in [6.45, 7) is -0.613. The number of rotatable bonds is 5. The molecule has 0 radical (unpaired) electrons. The Morgan fingerprint density at radius 1 is 1.61 bits per heavy atom. The van der Waals surface area contributed by atoms with Gasteiger partial charge in [0.15, 0.2) is 22.6 Å². The number of carbonyl (C=O) groups excluding carboxylic acids is 1. The van der Waals surface area contributed by atoms with E-state index < -0.39 is 30.0 Å². The fourth-order valence-electron chi connectivity index (χ4n) is 1.13. The van der Waals surface area contributed by atoms with E-state index in [0.717, 1.165) is 0 Å². The minimum Gasteiger partial charge on any atom is -0.597 e. The van der Waals surface area contributed by atoms with E-state index in [1.54, 1.807) is 0 Å². The first kappa shape index (κ1) is 13.4. The van der Waals surface area contributed by atoms with Crippen molar-refractivity contribution in [2.24, 2.45) is 11.0 Å². The zero-order valence-electron chi connectivity index (χ0n) is 8.90. The summed E-state index contributed by atoms with van der Waals surface area (Å²) in [4.78, 5) is 27.7. The highest BCUT2D eigenvalue weighted by molar-refractivity contribution is 5.99. The maximum absolute atomic E-state index is 11.6. The second-order valence-corrected chi connectivity index (χ2v) is 3.25. The second-order valence-electron chi connectivity index (χ2n) is 3.25. The maximum Gasteiger partial charge on any atom is 0.356 e. The summed E-state index contributed by atoms with van der Waals surface area (Å²) >= 11 is 0. The highest BCUT2D eigenvalue weighted by atomic mass is 16.6. The molecule has 0 aliphatic rings. The molecule has 1 rings (SSSR count). The van der Waals surface area contributed by atoms with Gasteiger partial charge in [0.25, 0.3) is 0 Å². The van der Waals surface area contributed by atoms with Gasteiger partial charge < -0.3 is 32.0 Å². The van der Waals surface area contributed by atoms with Gasteiger partial charge in [0.05, 0.1) is 0 Å². The largest absolute Gasteiger partial charge is 0.597 e. The number of aromatic amines is 1. The average molecular weight is 258 g/mol. The molecule has 11 nitrogen and oxygen atoms in total. The number of carbonyl (C=O) groups is 2. The van der Waals surface area contributed by atoms with E-state index in [-0.39, 0.29) is 16.5 Å². The zero-order chi connectivity index (χ0) is 13.9. The topological polar surface area (TPSA) is 194 Å². The van der Waals surface area contributed by atoms with Gasteiger partial charge in [-0.1, -0.05) is 4.86 Å². The normalized spacial score (nSPS) is 13.3. The van der Waals surface area contributed by atoms with Gasteiger partial charge in [0, 0.05) is 0 Å². The Labute approximate surface area is 99.3 Å². The van der Waals surface area contributed by atoms with Crippen molar-refractivity contribution >= 4 is 17.6 Å². The standard InChI is InChI=1S/C7H10N6O5/c8-2(1-13(18)12-17)4(14)6-10-3(7(15)16)5(9)11-6/h2,17H,1,8-9H2,(H,10,11)(H,15,16)/b13-12-/t2-/m0/s1. The van der Waals surface area contributed by atoms with Gasteiger partial charge in [-0.05, 0) is 0 Å². The summed E-state index contributed by atoms with van der Waals surface area (Å²) in [6, 6.07) is -1.34. The molecule has 0 amide bonds. The quantitative estimate of drug-likeness (QED) is 0.183. The Balaban J connectivity index is 2.91. The molecule has 0 aliphatic heterocycles. The Hall–Kier alpha value is -2.69. The first-order valence-electron chi connectivity index (χ1n) is 4.55. The van der Waals surface area contributed by atoms with Crippen LogP contribution in [0, 0.1) is 5.21 Å². The average Bonchev–Trinajstić information content (AvgIpc) is 2.70. The van der Waals surface area contributed by atoms with Crippen molar-refractivity contribution in [1.82, 2.24) is 9.97 Å². The molecule has 0 unspecified atom stereocenters. The fourth-order valence-corrected chi connectivity index (χ4v) is 1.13. The van der Waals surface area contributed by atoms with E-state index in [9.17, 15) is 14.8 Å². The molecular formula is C7H10N6O5. The lowest BCUT2D eigenvalue weighted by Crippen LogP contribution is -2.38. The summed E-state index contributed by atoms with van der Waals surface area (Å²) in [5, 5.41) is 29.7. The van der Waals surface area contributed by atoms with Crippen LogP contribution in [0.2, 0.25) is 0 Å². The number of H-pyrrole nitrogens is 1. The van der Waals surface area contributed by atoms with E-state index in [1.165, 1.54) is 0 Å². The van der Waals surface area contributed by atoms with E-state index in [1.807, 2.05) is 0 Å². The van der Waals surface area contributed by atoms with Crippen LogP contribution in [0.25, 0.3) is 0 Å². The number of nitrogens with two attached hydrogens (primary N) is 2. The Kier molecular flexibility index (Phi) is 3.78. The molecule has 0 spiro atoms. The Morgan fingerprint density at radius 3 is 2.67 bits per heavy atom. The first-order valence-corrected chi connectivity index (χ1v) is 4.55. The molecule has 1 heterocycles. The number of aromatic nitrogens is 2. The van der Waals surface area contributed by atoms with Gasteiger partial charge in [-0.15, -0.1) is 0 Å². The third-order valence-corrected chi connectivity index (χ3v) is 1.97. The van der Waals surface area contributed by atoms with Crippen molar-refractivity contribution in [3.8, 4) is 0 Å². The third kappa shape index (κ3) is 2.70. The Morgan fingerprint density at radius 2 is 2.22 bits per heavy atom. The van der Waals surface area contributed by atoms with E-state index in [0.29, 0.717) is 0 Å². The first-order chi connectivity index (χ1) is 8.36. The van der Waals surface area contributed by atoms with Crippen LogP contribution in [0.15, 0.2) is 5.28 Å². The summed E-state index contributed by atoms with van der Waals surface area (Å²) in [5.74, 6) is -2.98. The van der Waals surface area contributed by atoms with Crippen LogP contribution in [0.3, 0.4) is 0 Å². The lowest BCUT2D eigenvalue weighted by atomic mass is 10.2. The van der Waals surface area contributed by atoms with E-state index in [4.69, 9.17) is 21.8 Å². The van der Waals surface area contributed by atoms with Crippen molar-refractivity contribution in [2.45, 2.75) is 6.04 Å².